The van der Waals surface area contributed by atoms with E-state index >= 15 is 0 Å². The van der Waals surface area contributed by atoms with Gasteiger partial charge in [-0.05, 0) is 48.4 Å². The minimum atomic E-state index is -0.272. The number of rotatable bonds is 3. The zero-order valence-electron chi connectivity index (χ0n) is 9.50. The Morgan fingerprint density at radius 2 is 1.76 bits per heavy atom. The smallest absolute Gasteiger partial charge is 0.125 e. The Labute approximate surface area is 99.1 Å². The second-order valence-electron chi connectivity index (χ2n) is 3.93. The van der Waals surface area contributed by atoms with E-state index in [0.29, 0.717) is 12.2 Å². The molecule has 1 nitrogen and oxygen atoms in total. The van der Waals surface area contributed by atoms with Crippen molar-refractivity contribution in [3.8, 4) is 0 Å². The summed E-state index contributed by atoms with van der Waals surface area (Å²) in [4.78, 5) is 0. The van der Waals surface area contributed by atoms with E-state index < -0.39 is 0 Å². The second kappa shape index (κ2) is 4.95. The Hall–Kier alpha value is -1.90. The van der Waals surface area contributed by atoms with Crippen molar-refractivity contribution in [2.24, 2.45) is 0 Å². The fourth-order valence-corrected chi connectivity index (χ4v) is 1.65. The average molecular weight is 233 g/mol. The highest BCUT2D eigenvalue weighted by molar-refractivity contribution is 5.44. The topological polar surface area (TPSA) is 12.0 Å². The summed E-state index contributed by atoms with van der Waals surface area (Å²) in [6.07, 6.45) is 0. The molecule has 0 aliphatic carbocycles. The molecule has 2 aromatic carbocycles. The quantitative estimate of drug-likeness (QED) is 0.848. The molecule has 0 amide bonds. The molecule has 0 aliphatic heterocycles. The van der Waals surface area contributed by atoms with Gasteiger partial charge in [-0.2, -0.15) is 0 Å². The van der Waals surface area contributed by atoms with E-state index in [2.05, 4.69) is 5.32 Å². The van der Waals surface area contributed by atoms with Gasteiger partial charge >= 0.3 is 0 Å². The van der Waals surface area contributed by atoms with Crippen molar-refractivity contribution in [3.05, 3.63) is 65.2 Å². The Balaban J connectivity index is 2.07. The highest BCUT2D eigenvalue weighted by Gasteiger charge is 2.00. The van der Waals surface area contributed by atoms with Crippen LogP contribution < -0.4 is 5.32 Å². The fraction of sp³-hybridized carbons (Fsp3) is 0.143. The van der Waals surface area contributed by atoms with Crippen LogP contribution >= 0.6 is 0 Å². The van der Waals surface area contributed by atoms with Crippen LogP contribution in [0.15, 0.2) is 42.5 Å². The maximum absolute atomic E-state index is 12.9. The van der Waals surface area contributed by atoms with Gasteiger partial charge in [0.1, 0.15) is 11.6 Å². The fourth-order valence-electron chi connectivity index (χ4n) is 1.65. The zero-order valence-corrected chi connectivity index (χ0v) is 9.50. The minimum Gasteiger partial charge on any atom is -0.381 e. The van der Waals surface area contributed by atoms with Crippen LogP contribution in [0.3, 0.4) is 0 Å². The van der Waals surface area contributed by atoms with Gasteiger partial charge < -0.3 is 5.32 Å². The first kappa shape index (κ1) is 11.6. The molecule has 0 fully saturated rings. The minimum absolute atomic E-state index is 0.239. The largest absolute Gasteiger partial charge is 0.381 e. The summed E-state index contributed by atoms with van der Waals surface area (Å²) >= 11 is 0. The Bertz CT molecular complexity index is 523. The van der Waals surface area contributed by atoms with Gasteiger partial charge in [0.25, 0.3) is 0 Å². The van der Waals surface area contributed by atoms with Gasteiger partial charge in [0, 0.05) is 12.2 Å². The molecule has 0 saturated heterocycles. The molecule has 88 valence electrons. The summed E-state index contributed by atoms with van der Waals surface area (Å²) in [5, 5.41) is 3.10. The summed E-state index contributed by atoms with van der Waals surface area (Å²) < 4.78 is 25.8. The highest BCUT2D eigenvalue weighted by atomic mass is 19.1. The van der Waals surface area contributed by atoms with E-state index in [0.717, 1.165) is 11.1 Å². The molecule has 0 heterocycles. The van der Waals surface area contributed by atoms with E-state index in [4.69, 9.17) is 0 Å². The lowest BCUT2D eigenvalue weighted by Crippen LogP contribution is -2.01. The van der Waals surface area contributed by atoms with Crippen LogP contribution in [0.2, 0.25) is 0 Å². The van der Waals surface area contributed by atoms with Crippen LogP contribution in [0.5, 0.6) is 0 Å². The summed E-state index contributed by atoms with van der Waals surface area (Å²) in [5.74, 6) is -0.511. The van der Waals surface area contributed by atoms with Gasteiger partial charge in [-0.25, -0.2) is 8.78 Å². The number of halogens is 2. The average Bonchev–Trinajstić information content (AvgIpc) is 2.28. The van der Waals surface area contributed by atoms with Gasteiger partial charge in [0.15, 0.2) is 0 Å². The van der Waals surface area contributed by atoms with Crippen LogP contribution in [0, 0.1) is 18.6 Å². The SMILES string of the molecule is Cc1cc(F)ccc1CNc1cccc(F)c1. The monoisotopic (exact) mass is 233 g/mol. The van der Waals surface area contributed by atoms with Crippen LogP contribution in [0.4, 0.5) is 14.5 Å². The van der Waals surface area contributed by atoms with Gasteiger partial charge in [-0.15, -0.1) is 0 Å². The summed E-state index contributed by atoms with van der Waals surface area (Å²) in [7, 11) is 0. The van der Waals surface area contributed by atoms with E-state index in [1.807, 2.05) is 6.92 Å². The molecule has 1 N–H and O–H groups in total. The van der Waals surface area contributed by atoms with Gasteiger partial charge in [0.05, 0.1) is 0 Å². The van der Waals surface area contributed by atoms with Crippen molar-refractivity contribution < 1.29 is 8.78 Å². The normalized spacial score (nSPS) is 10.3. The van der Waals surface area contributed by atoms with Crippen LogP contribution in [0.25, 0.3) is 0 Å². The first-order valence-electron chi connectivity index (χ1n) is 5.39. The standard InChI is InChI=1S/C14H13F2N/c1-10-7-13(16)6-5-11(10)9-17-14-4-2-3-12(15)8-14/h2-8,17H,9H2,1H3. The van der Waals surface area contributed by atoms with Crippen molar-refractivity contribution >= 4 is 5.69 Å². The lowest BCUT2D eigenvalue weighted by Gasteiger charge is -2.09. The number of anilines is 1. The third kappa shape index (κ3) is 3.03. The molecule has 0 radical (unpaired) electrons. The van der Waals surface area contributed by atoms with Crippen molar-refractivity contribution in [2.75, 3.05) is 5.32 Å². The number of aryl methyl sites for hydroxylation is 1. The Morgan fingerprint density at radius 1 is 1.00 bits per heavy atom. The first-order chi connectivity index (χ1) is 8.15. The van der Waals surface area contributed by atoms with Crippen molar-refractivity contribution in [3.63, 3.8) is 0 Å². The molecule has 3 heteroatoms. The lowest BCUT2D eigenvalue weighted by molar-refractivity contribution is 0.625. The lowest BCUT2D eigenvalue weighted by atomic mass is 10.1. The predicted octanol–water partition coefficient (Wildman–Crippen LogP) is 3.89. The molecule has 0 atom stereocenters. The molecule has 2 aromatic rings. The Morgan fingerprint density at radius 3 is 2.47 bits per heavy atom. The molecule has 2 rings (SSSR count). The zero-order chi connectivity index (χ0) is 12.3. The molecule has 0 bridgehead atoms. The first-order valence-corrected chi connectivity index (χ1v) is 5.39. The van der Waals surface area contributed by atoms with Gasteiger partial charge in [0.2, 0.25) is 0 Å². The number of nitrogens with one attached hydrogen (secondary N) is 1. The molecule has 17 heavy (non-hydrogen) atoms. The Kier molecular flexibility index (Phi) is 3.38. The maximum atomic E-state index is 12.9. The molecule has 0 spiro atoms. The third-order valence-electron chi connectivity index (χ3n) is 2.61. The van der Waals surface area contributed by atoms with Crippen LogP contribution in [-0.4, -0.2) is 0 Å². The van der Waals surface area contributed by atoms with Crippen molar-refractivity contribution in [1.82, 2.24) is 0 Å². The highest BCUT2D eigenvalue weighted by Crippen LogP contribution is 2.14. The summed E-state index contributed by atoms with van der Waals surface area (Å²) in [5.41, 5.74) is 2.60. The van der Waals surface area contributed by atoms with Crippen LogP contribution in [0.1, 0.15) is 11.1 Å². The number of hydrogen-bond donors (Lipinski definition) is 1. The second-order valence-corrected chi connectivity index (χ2v) is 3.93. The molecule has 0 unspecified atom stereocenters. The molecule has 0 saturated carbocycles. The van der Waals surface area contributed by atoms with Gasteiger partial charge in [-0.1, -0.05) is 12.1 Å². The van der Waals surface area contributed by atoms with Gasteiger partial charge in [-0.3, -0.25) is 0 Å². The van der Waals surface area contributed by atoms with E-state index in [9.17, 15) is 8.78 Å². The van der Waals surface area contributed by atoms with Crippen LogP contribution in [-0.2, 0) is 6.54 Å². The molecular weight excluding hydrogens is 220 g/mol. The van der Waals surface area contributed by atoms with E-state index in [-0.39, 0.29) is 11.6 Å². The predicted molar refractivity (Wildman–Crippen MR) is 64.9 cm³/mol. The summed E-state index contributed by atoms with van der Waals surface area (Å²) in [6, 6.07) is 10.9. The number of benzene rings is 2. The van der Waals surface area contributed by atoms with Crippen molar-refractivity contribution in [2.45, 2.75) is 13.5 Å². The van der Waals surface area contributed by atoms with E-state index in [1.165, 1.54) is 24.3 Å². The number of hydrogen-bond acceptors (Lipinski definition) is 1. The molecule has 0 aromatic heterocycles. The molecular formula is C14H13F2N. The third-order valence-corrected chi connectivity index (χ3v) is 2.61. The van der Waals surface area contributed by atoms with E-state index in [1.54, 1.807) is 18.2 Å². The molecule has 0 aliphatic rings. The van der Waals surface area contributed by atoms with Crippen molar-refractivity contribution in [1.29, 1.82) is 0 Å². The maximum Gasteiger partial charge on any atom is 0.125 e. The summed E-state index contributed by atoms with van der Waals surface area (Å²) in [6.45, 7) is 2.40.